The van der Waals surface area contributed by atoms with Crippen molar-refractivity contribution in [1.29, 1.82) is 0 Å². The van der Waals surface area contributed by atoms with Crippen LogP contribution in [0.4, 0.5) is 0 Å². The summed E-state index contributed by atoms with van der Waals surface area (Å²) in [5.41, 5.74) is -0.00441. The first kappa shape index (κ1) is 35.5. The van der Waals surface area contributed by atoms with Crippen LogP contribution in [0.2, 0.25) is 0 Å². The van der Waals surface area contributed by atoms with Gasteiger partial charge in [0.1, 0.15) is 5.75 Å². The quantitative estimate of drug-likeness (QED) is 0.160. The molecule has 0 aliphatic rings. The van der Waals surface area contributed by atoms with Crippen LogP contribution in [0, 0.1) is 0 Å². The number of aromatic hydroxyl groups is 1. The number of phenolic OH excluding ortho intramolecular Hbond substituents is 1. The molecule has 0 aromatic heterocycles. The van der Waals surface area contributed by atoms with E-state index in [2.05, 4.69) is 6.92 Å². The van der Waals surface area contributed by atoms with E-state index in [1.54, 1.807) is 6.92 Å². The largest absolute Gasteiger partial charge is 0.507 e. The Morgan fingerprint density at radius 1 is 0.641 bits per heavy atom. The summed E-state index contributed by atoms with van der Waals surface area (Å²) in [6.07, 6.45) is 20.9. The maximum absolute atomic E-state index is 12.4. The van der Waals surface area contributed by atoms with Crippen LogP contribution in [0.25, 0.3) is 0 Å². The monoisotopic (exact) mass is 546 g/mol. The van der Waals surface area contributed by atoms with Crippen molar-refractivity contribution in [3.63, 3.8) is 0 Å². The van der Waals surface area contributed by atoms with Gasteiger partial charge in [-0.05, 0) is 53.0 Å². The van der Waals surface area contributed by atoms with E-state index in [1.807, 2.05) is 53.7 Å². The standard InChI is InChI=1S/C35H62O4/c1-9-10-11-12-13-14-15-16-17-18-19-20-21-22-23-24-25-39-35(8,32(37)38)28-26-29(33(2,3)4)31(36)30(27-28)34(5,6)7/h26-27,36H,9-25H2,1-8H3,(H,37,38). The highest BCUT2D eigenvalue weighted by atomic mass is 16.5. The van der Waals surface area contributed by atoms with Gasteiger partial charge in [0.2, 0.25) is 0 Å². The second-order valence-corrected chi connectivity index (χ2v) is 13.9. The molecule has 1 aromatic carbocycles. The van der Waals surface area contributed by atoms with Crippen LogP contribution in [0.3, 0.4) is 0 Å². The zero-order valence-electron chi connectivity index (χ0n) is 26.9. The Morgan fingerprint density at radius 2 is 0.974 bits per heavy atom. The third-order valence-corrected chi connectivity index (χ3v) is 8.07. The molecule has 0 fully saturated rings. The molecular formula is C35H62O4. The summed E-state index contributed by atoms with van der Waals surface area (Å²) in [4.78, 5) is 12.4. The van der Waals surface area contributed by atoms with Gasteiger partial charge in [-0.1, -0.05) is 145 Å². The molecule has 0 radical (unpaired) electrons. The molecule has 0 saturated heterocycles. The van der Waals surface area contributed by atoms with Crippen LogP contribution in [0.15, 0.2) is 12.1 Å². The number of carbonyl (C=O) groups is 1. The van der Waals surface area contributed by atoms with Crippen LogP contribution in [-0.4, -0.2) is 22.8 Å². The highest BCUT2D eigenvalue weighted by Gasteiger charge is 2.39. The predicted octanol–water partition coefficient (Wildman–Crippen LogP) is 10.6. The first-order valence-electron chi connectivity index (χ1n) is 16.0. The first-order valence-corrected chi connectivity index (χ1v) is 16.0. The summed E-state index contributed by atoms with van der Waals surface area (Å²) in [5, 5.41) is 21.2. The molecule has 1 rings (SSSR count). The summed E-state index contributed by atoms with van der Waals surface area (Å²) in [7, 11) is 0. The Balaban J connectivity index is 2.44. The van der Waals surface area contributed by atoms with Crippen LogP contribution < -0.4 is 0 Å². The average Bonchev–Trinajstić information content (AvgIpc) is 2.84. The van der Waals surface area contributed by atoms with E-state index in [4.69, 9.17) is 4.74 Å². The highest BCUT2D eigenvalue weighted by molar-refractivity contribution is 5.79. The van der Waals surface area contributed by atoms with Gasteiger partial charge in [0.05, 0.1) is 0 Å². The Kier molecular flexibility index (Phi) is 15.7. The third-order valence-electron chi connectivity index (χ3n) is 8.07. The Bertz CT molecular complexity index is 795. The summed E-state index contributed by atoms with van der Waals surface area (Å²) < 4.78 is 6.09. The van der Waals surface area contributed by atoms with E-state index in [9.17, 15) is 15.0 Å². The maximum atomic E-state index is 12.4. The first-order chi connectivity index (χ1) is 18.2. The molecule has 2 N–H and O–H groups in total. The van der Waals surface area contributed by atoms with E-state index in [0.29, 0.717) is 12.2 Å². The molecular weight excluding hydrogens is 484 g/mol. The summed E-state index contributed by atoms with van der Waals surface area (Å²) in [6.45, 7) is 16.5. The van der Waals surface area contributed by atoms with Crippen molar-refractivity contribution < 1.29 is 19.7 Å². The van der Waals surface area contributed by atoms with Gasteiger partial charge in [0, 0.05) is 6.61 Å². The van der Waals surface area contributed by atoms with Crippen LogP contribution in [0.1, 0.15) is 175 Å². The molecule has 39 heavy (non-hydrogen) atoms. The molecule has 226 valence electrons. The van der Waals surface area contributed by atoms with Gasteiger partial charge in [0.15, 0.2) is 5.60 Å². The third kappa shape index (κ3) is 12.7. The highest BCUT2D eigenvalue weighted by Crippen LogP contribution is 2.42. The molecule has 0 spiro atoms. The van der Waals surface area contributed by atoms with E-state index < -0.39 is 11.6 Å². The summed E-state index contributed by atoms with van der Waals surface area (Å²) in [5.74, 6) is -0.742. The second-order valence-electron chi connectivity index (χ2n) is 13.9. The number of carboxylic acid groups (broad SMARTS) is 1. The van der Waals surface area contributed by atoms with E-state index in [0.717, 1.165) is 24.0 Å². The van der Waals surface area contributed by atoms with Gasteiger partial charge in [-0.25, -0.2) is 4.79 Å². The topological polar surface area (TPSA) is 66.8 Å². The molecule has 1 atom stereocenters. The van der Waals surface area contributed by atoms with Crippen LogP contribution in [0.5, 0.6) is 5.75 Å². The number of aliphatic carboxylic acids is 1. The number of unbranched alkanes of at least 4 members (excludes halogenated alkanes) is 15. The van der Waals surface area contributed by atoms with Crippen molar-refractivity contribution in [1.82, 2.24) is 0 Å². The van der Waals surface area contributed by atoms with Gasteiger partial charge >= 0.3 is 5.97 Å². The fraction of sp³-hybridized carbons (Fsp3) is 0.800. The zero-order chi connectivity index (χ0) is 29.5. The fourth-order valence-electron chi connectivity index (χ4n) is 5.25. The molecule has 4 heteroatoms. The van der Waals surface area contributed by atoms with Crippen molar-refractivity contribution >= 4 is 5.97 Å². The average molecular weight is 547 g/mol. The molecule has 0 saturated carbocycles. The van der Waals surface area contributed by atoms with Crippen LogP contribution >= 0.6 is 0 Å². The van der Waals surface area contributed by atoms with E-state index >= 15 is 0 Å². The lowest BCUT2D eigenvalue weighted by Crippen LogP contribution is -2.37. The van der Waals surface area contributed by atoms with E-state index in [1.165, 1.54) is 89.9 Å². The number of hydrogen-bond acceptors (Lipinski definition) is 3. The molecule has 0 bridgehead atoms. The number of phenols is 1. The molecule has 0 amide bonds. The lowest BCUT2D eigenvalue weighted by molar-refractivity contribution is -0.165. The molecule has 1 unspecified atom stereocenters. The Hall–Kier alpha value is -1.55. The summed E-state index contributed by atoms with van der Waals surface area (Å²) in [6, 6.07) is 3.65. The van der Waals surface area contributed by atoms with Crippen molar-refractivity contribution in [3.8, 4) is 5.75 Å². The molecule has 0 aliphatic heterocycles. The molecule has 0 aliphatic carbocycles. The number of carboxylic acids is 1. The molecule has 0 heterocycles. The number of benzene rings is 1. The summed E-state index contributed by atoms with van der Waals surface area (Å²) >= 11 is 0. The second kappa shape index (κ2) is 17.3. The van der Waals surface area contributed by atoms with Crippen molar-refractivity contribution in [3.05, 3.63) is 28.8 Å². The minimum Gasteiger partial charge on any atom is -0.507 e. The lowest BCUT2D eigenvalue weighted by Gasteiger charge is -2.32. The molecule has 4 nitrogen and oxygen atoms in total. The van der Waals surface area contributed by atoms with Crippen molar-refractivity contribution in [2.75, 3.05) is 6.61 Å². The van der Waals surface area contributed by atoms with Gasteiger partial charge in [-0.15, -0.1) is 0 Å². The number of ether oxygens (including phenoxy) is 1. The fourth-order valence-corrected chi connectivity index (χ4v) is 5.25. The maximum Gasteiger partial charge on any atom is 0.340 e. The van der Waals surface area contributed by atoms with Gasteiger partial charge < -0.3 is 14.9 Å². The van der Waals surface area contributed by atoms with Crippen LogP contribution in [-0.2, 0) is 26.0 Å². The lowest BCUT2D eigenvalue weighted by atomic mass is 9.76. The predicted molar refractivity (Wildman–Crippen MR) is 166 cm³/mol. The SMILES string of the molecule is CCCCCCCCCCCCCCCCCCOC(C)(C(=O)O)c1cc(C(C)(C)C)c(O)c(C(C)(C)C)c1. The Morgan fingerprint density at radius 3 is 1.28 bits per heavy atom. The number of rotatable bonds is 20. The molecule has 1 aromatic rings. The Labute approximate surface area is 241 Å². The van der Waals surface area contributed by atoms with Gasteiger partial charge in [-0.2, -0.15) is 0 Å². The smallest absolute Gasteiger partial charge is 0.340 e. The minimum absolute atomic E-state index is 0.254. The minimum atomic E-state index is -1.46. The van der Waals surface area contributed by atoms with E-state index in [-0.39, 0.29) is 16.6 Å². The normalized spacial score (nSPS) is 13.9. The van der Waals surface area contributed by atoms with Crippen molar-refractivity contribution in [2.45, 2.75) is 175 Å². The van der Waals surface area contributed by atoms with Crippen molar-refractivity contribution in [2.24, 2.45) is 0 Å². The van der Waals surface area contributed by atoms with Gasteiger partial charge in [-0.3, -0.25) is 0 Å². The zero-order valence-corrected chi connectivity index (χ0v) is 26.9. The van der Waals surface area contributed by atoms with Gasteiger partial charge in [0.25, 0.3) is 0 Å². The number of hydrogen-bond donors (Lipinski definition) is 2.